The highest BCUT2D eigenvalue weighted by molar-refractivity contribution is 8.14. The Morgan fingerprint density at radius 1 is 1.11 bits per heavy atom. The van der Waals surface area contributed by atoms with Gasteiger partial charge in [-0.05, 0) is 74.2 Å². The highest BCUT2D eigenvalue weighted by Gasteiger charge is 2.74. The predicted octanol–water partition coefficient (Wildman–Crippen LogP) is 3.53. The molecule has 4 aliphatic carbocycles. The second-order valence-electron chi connectivity index (χ2n) is 12.3. The van der Waals surface area contributed by atoms with Gasteiger partial charge in [0.1, 0.15) is 11.7 Å². The monoisotopic (exact) mass is 518 g/mol. The Hall–Kier alpha value is -1.51. The lowest BCUT2D eigenvalue weighted by atomic mass is 9.45. The van der Waals surface area contributed by atoms with Crippen LogP contribution in [0.25, 0.3) is 0 Å². The number of ether oxygens (including phenoxy) is 1. The second-order valence-corrected chi connectivity index (χ2v) is 13.7. The zero-order valence-electron chi connectivity index (χ0n) is 21.7. The average molecular weight is 519 g/mol. The van der Waals surface area contributed by atoms with Crippen LogP contribution < -0.4 is 0 Å². The molecule has 2 N–H and O–H groups in total. The van der Waals surface area contributed by atoms with Crippen LogP contribution in [0.4, 0.5) is 0 Å². The molecule has 36 heavy (non-hydrogen) atoms. The van der Waals surface area contributed by atoms with Gasteiger partial charge in [-0.1, -0.05) is 38.1 Å². The summed E-state index contributed by atoms with van der Waals surface area (Å²) in [6.07, 6.45) is 4.44. The number of carbonyl (C=O) groups excluding carboxylic acids is 4. The van der Waals surface area contributed by atoms with Gasteiger partial charge in [0.2, 0.25) is 11.4 Å². The Labute approximate surface area is 216 Å². The van der Waals surface area contributed by atoms with Crippen LogP contribution in [0.15, 0.2) is 11.6 Å². The third kappa shape index (κ3) is 3.32. The lowest BCUT2D eigenvalue weighted by molar-refractivity contribution is -0.245. The normalized spacial score (nSPS) is 48.4. The molecule has 5 rings (SSSR count). The van der Waals surface area contributed by atoms with E-state index in [0.29, 0.717) is 32.1 Å². The van der Waals surface area contributed by atoms with Crippen molar-refractivity contribution in [3.8, 4) is 0 Å². The van der Waals surface area contributed by atoms with E-state index in [9.17, 15) is 29.4 Å². The number of thioether (sulfide) groups is 1. The summed E-state index contributed by atoms with van der Waals surface area (Å²) in [5.41, 5.74) is -3.08. The number of hydrogen-bond acceptors (Lipinski definition) is 8. The van der Waals surface area contributed by atoms with E-state index >= 15 is 0 Å². The van der Waals surface area contributed by atoms with Crippen molar-refractivity contribution in [1.29, 1.82) is 0 Å². The van der Waals surface area contributed by atoms with Crippen molar-refractivity contribution in [2.24, 2.45) is 28.6 Å². The van der Waals surface area contributed by atoms with E-state index in [1.165, 1.54) is 11.8 Å². The van der Waals surface area contributed by atoms with Crippen LogP contribution in [0.3, 0.4) is 0 Å². The summed E-state index contributed by atoms with van der Waals surface area (Å²) in [6, 6.07) is 0. The minimum Gasteiger partial charge on any atom is -0.448 e. The SMILES string of the molecule is CC[C@]1([C@]2(O)CCC3[C@@H]4[C@@H](CC[C@@]32C)[C@@]2(C)CCC(=O)C=C2C[C@H]4SC(C)=O)OC(=O)CC(O)C1=O. The van der Waals surface area contributed by atoms with Crippen molar-refractivity contribution < 1.29 is 34.1 Å². The van der Waals surface area contributed by atoms with E-state index in [0.717, 1.165) is 18.4 Å². The zero-order valence-corrected chi connectivity index (χ0v) is 22.5. The second kappa shape index (κ2) is 8.50. The number of aliphatic hydroxyl groups excluding tert-OH is 1. The van der Waals surface area contributed by atoms with Gasteiger partial charge in [-0.2, -0.15) is 0 Å². The topological polar surface area (TPSA) is 118 Å². The van der Waals surface area contributed by atoms with Gasteiger partial charge in [-0.25, -0.2) is 0 Å². The maximum absolute atomic E-state index is 13.4. The van der Waals surface area contributed by atoms with E-state index in [4.69, 9.17) is 4.74 Å². The molecule has 1 aliphatic heterocycles. The van der Waals surface area contributed by atoms with Gasteiger partial charge in [-0.15, -0.1) is 0 Å². The van der Waals surface area contributed by atoms with Gasteiger partial charge >= 0.3 is 5.97 Å². The molecular weight excluding hydrogens is 480 g/mol. The maximum atomic E-state index is 13.4. The molecule has 2 unspecified atom stereocenters. The molecule has 198 valence electrons. The summed E-state index contributed by atoms with van der Waals surface area (Å²) in [5, 5.41) is 22.9. The molecule has 0 aromatic rings. The molecule has 0 aromatic heterocycles. The molecule has 0 radical (unpaired) electrons. The van der Waals surface area contributed by atoms with Crippen LogP contribution in [0, 0.1) is 28.6 Å². The van der Waals surface area contributed by atoms with Gasteiger partial charge in [0.25, 0.3) is 0 Å². The van der Waals surface area contributed by atoms with Crippen molar-refractivity contribution in [2.75, 3.05) is 0 Å². The lowest BCUT2D eigenvalue weighted by Crippen LogP contribution is -2.72. The minimum atomic E-state index is -1.78. The van der Waals surface area contributed by atoms with Gasteiger partial charge in [0.15, 0.2) is 10.9 Å². The number of allylic oxidation sites excluding steroid dienone is 1. The smallest absolute Gasteiger partial charge is 0.309 e. The largest absolute Gasteiger partial charge is 0.448 e. The summed E-state index contributed by atoms with van der Waals surface area (Å²) < 4.78 is 5.75. The first-order chi connectivity index (χ1) is 16.8. The number of aliphatic hydroxyl groups is 2. The molecule has 9 atom stereocenters. The number of esters is 1. The molecule has 8 heteroatoms. The molecular formula is C28H38O7S. The number of cyclic esters (lactones) is 1. The zero-order chi connectivity index (χ0) is 26.3. The van der Waals surface area contributed by atoms with Crippen LogP contribution in [0.1, 0.15) is 85.5 Å². The van der Waals surface area contributed by atoms with E-state index in [1.54, 1.807) is 13.8 Å². The van der Waals surface area contributed by atoms with E-state index in [2.05, 4.69) is 6.92 Å². The van der Waals surface area contributed by atoms with E-state index in [-0.39, 0.29) is 52.2 Å². The Kier molecular flexibility index (Phi) is 6.17. The van der Waals surface area contributed by atoms with Crippen LogP contribution in [-0.2, 0) is 23.9 Å². The molecule has 3 saturated carbocycles. The summed E-state index contributed by atoms with van der Waals surface area (Å²) >= 11 is 1.34. The van der Waals surface area contributed by atoms with Crippen LogP contribution in [-0.4, -0.2) is 55.4 Å². The molecule has 4 fully saturated rings. The molecule has 0 aromatic carbocycles. The number of hydrogen-bond donors (Lipinski definition) is 2. The number of rotatable bonds is 3. The summed E-state index contributed by atoms with van der Waals surface area (Å²) in [6.45, 7) is 7.59. The quantitative estimate of drug-likeness (QED) is 0.545. The van der Waals surface area contributed by atoms with Crippen LogP contribution in [0.5, 0.6) is 0 Å². The molecule has 7 nitrogen and oxygen atoms in total. The summed E-state index contributed by atoms with van der Waals surface area (Å²) in [4.78, 5) is 50.5. The lowest BCUT2D eigenvalue weighted by Gasteiger charge is -2.62. The average Bonchev–Trinajstić information content (AvgIpc) is 3.09. The Morgan fingerprint density at radius 3 is 2.47 bits per heavy atom. The molecule has 0 amide bonds. The Balaban J connectivity index is 1.59. The van der Waals surface area contributed by atoms with Crippen LogP contribution in [0.2, 0.25) is 0 Å². The number of ketones is 2. The number of Topliss-reactive ketones (excluding diaryl/α,β-unsaturated/α-hetero) is 1. The van der Waals surface area contributed by atoms with Gasteiger partial charge in [0, 0.05) is 24.0 Å². The highest BCUT2D eigenvalue weighted by Crippen LogP contribution is 2.71. The van der Waals surface area contributed by atoms with Gasteiger partial charge < -0.3 is 14.9 Å². The fourth-order valence-electron chi connectivity index (χ4n) is 9.15. The molecule has 1 heterocycles. The van der Waals surface area contributed by atoms with Crippen molar-refractivity contribution in [3.05, 3.63) is 11.6 Å². The number of fused-ring (bicyclic) bond motifs is 5. The molecule has 0 spiro atoms. The van der Waals surface area contributed by atoms with Crippen molar-refractivity contribution in [2.45, 2.75) is 108 Å². The standard InChI is InChI=1S/C28H38O7S/c1-5-27(24(33)20(31)14-22(32)35-27)28(34)11-8-19-23-18(7-10-26(19,28)4)25(3)9-6-17(30)12-16(25)13-21(23)36-15(2)29/h12,18-21,23,31,34H,5-11,13-14H2,1-4H3/t18-,19?,20?,21-,23+,25+,26+,27+,28+/m1/s1. The molecule has 0 bridgehead atoms. The number of carbonyl (C=O) groups is 4. The minimum absolute atomic E-state index is 0.0162. The first kappa shape index (κ1) is 26.1. The fraction of sp³-hybridized carbons (Fsp3) is 0.786. The Morgan fingerprint density at radius 2 is 1.81 bits per heavy atom. The maximum Gasteiger partial charge on any atom is 0.309 e. The summed E-state index contributed by atoms with van der Waals surface area (Å²) in [7, 11) is 0. The fourth-order valence-corrected chi connectivity index (χ4v) is 10.4. The predicted molar refractivity (Wildman–Crippen MR) is 134 cm³/mol. The van der Waals surface area contributed by atoms with Crippen LogP contribution >= 0.6 is 11.8 Å². The first-order valence-corrected chi connectivity index (χ1v) is 14.3. The highest BCUT2D eigenvalue weighted by atomic mass is 32.2. The molecule has 5 aliphatic rings. The van der Waals surface area contributed by atoms with Crippen molar-refractivity contribution >= 4 is 34.4 Å². The Bertz CT molecular complexity index is 1050. The summed E-state index contributed by atoms with van der Waals surface area (Å²) in [5.74, 6) is -0.703. The third-order valence-electron chi connectivity index (χ3n) is 10.9. The molecule has 1 saturated heterocycles. The van der Waals surface area contributed by atoms with Gasteiger partial charge in [-0.3, -0.25) is 19.2 Å². The van der Waals surface area contributed by atoms with E-state index < -0.39 is 34.5 Å². The third-order valence-corrected chi connectivity index (χ3v) is 12.1. The van der Waals surface area contributed by atoms with Gasteiger partial charge in [0.05, 0.1) is 6.42 Å². The first-order valence-electron chi connectivity index (χ1n) is 13.4. The van der Waals surface area contributed by atoms with Crippen molar-refractivity contribution in [3.63, 3.8) is 0 Å². The van der Waals surface area contributed by atoms with E-state index in [1.807, 2.05) is 13.0 Å². The van der Waals surface area contributed by atoms with Crippen molar-refractivity contribution in [1.82, 2.24) is 0 Å².